The second-order valence-electron chi connectivity index (χ2n) is 4.67. The van der Waals surface area contributed by atoms with E-state index >= 15 is 0 Å². The minimum atomic E-state index is -0.588. The van der Waals surface area contributed by atoms with Crippen molar-refractivity contribution < 1.29 is 9.63 Å². The van der Waals surface area contributed by atoms with Crippen molar-refractivity contribution in [1.82, 2.24) is 14.5 Å². The Kier molecular flexibility index (Phi) is 3.10. The normalized spacial score (nSPS) is 14.3. The zero-order valence-electron chi connectivity index (χ0n) is 10.7. The minimum Gasteiger partial charge on any atom is -0.314 e. The molecule has 0 atom stereocenters. The fourth-order valence-corrected chi connectivity index (χ4v) is 2.12. The van der Waals surface area contributed by atoms with E-state index < -0.39 is 11.7 Å². The first-order valence-electron chi connectivity index (χ1n) is 6.22. The Balaban J connectivity index is 2.11. The molecule has 1 aromatic heterocycles. The molecule has 20 heavy (non-hydrogen) atoms. The van der Waals surface area contributed by atoms with Gasteiger partial charge in [-0.1, -0.05) is 11.6 Å². The van der Waals surface area contributed by atoms with Gasteiger partial charge in [0, 0.05) is 23.6 Å². The van der Waals surface area contributed by atoms with E-state index in [-0.39, 0.29) is 6.04 Å². The number of aromatic nitrogens is 3. The van der Waals surface area contributed by atoms with E-state index in [1.54, 1.807) is 28.8 Å². The summed E-state index contributed by atoms with van der Waals surface area (Å²) in [5.74, 6) is -0.106. The van der Waals surface area contributed by atoms with Crippen LogP contribution in [0.3, 0.4) is 0 Å². The van der Waals surface area contributed by atoms with Crippen LogP contribution in [0.15, 0.2) is 29.1 Å². The summed E-state index contributed by atoms with van der Waals surface area (Å²) in [5.41, 5.74) is 0.317. The van der Waals surface area contributed by atoms with Gasteiger partial charge in [-0.05, 0) is 42.0 Å². The lowest BCUT2D eigenvalue weighted by Crippen LogP contribution is -2.31. The average molecular weight is 294 g/mol. The van der Waals surface area contributed by atoms with Crippen LogP contribution in [0.5, 0.6) is 0 Å². The van der Waals surface area contributed by atoms with E-state index in [0.29, 0.717) is 10.8 Å². The molecule has 7 heteroatoms. The highest BCUT2D eigenvalue weighted by molar-refractivity contribution is 6.30. The van der Waals surface area contributed by atoms with Crippen LogP contribution in [0.25, 0.3) is 11.4 Å². The van der Waals surface area contributed by atoms with Gasteiger partial charge in [0.1, 0.15) is 0 Å². The maximum atomic E-state index is 12.2. The number of rotatable bonds is 3. The number of hydrogen-bond acceptors (Lipinski definition) is 4. The SMILES string of the molecule is CC(=O)On1nc(-c2ccc(Cl)cc2)n(C2CC2)c1=O. The third-order valence-corrected chi connectivity index (χ3v) is 3.26. The monoisotopic (exact) mass is 293 g/mol. The Morgan fingerprint density at radius 1 is 1.35 bits per heavy atom. The standard InChI is InChI=1S/C13H12ClN3O3/c1-8(18)20-17-13(19)16(11-6-7-11)12(15-17)9-2-4-10(14)5-3-9/h2-5,11H,6-7H2,1H3. The molecule has 3 rings (SSSR count). The first kappa shape index (κ1) is 12.9. The molecule has 104 valence electrons. The molecule has 1 saturated carbocycles. The van der Waals surface area contributed by atoms with Crippen LogP contribution in [0.4, 0.5) is 0 Å². The van der Waals surface area contributed by atoms with Gasteiger partial charge in [0.05, 0.1) is 0 Å². The number of benzene rings is 1. The maximum Gasteiger partial charge on any atom is 0.381 e. The molecule has 1 aliphatic carbocycles. The Bertz CT molecular complexity index is 713. The molecule has 0 spiro atoms. The quantitative estimate of drug-likeness (QED) is 0.863. The molecule has 2 aromatic rings. The van der Waals surface area contributed by atoms with Gasteiger partial charge in [-0.15, -0.1) is 5.10 Å². The van der Waals surface area contributed by atoms with Crippen LogP contribution in [0.2, 0.25) is 5.02 Å². The van der Waals surface area contributed by atoms with Crippen molar-refractivity contribution in [3.8, 4) is 11.4 Å². The third-order valence-electron chi connectivity index (χ3n) is 3.01. The number of nitrogens with zero attached hydrogens (tertiary/aromatic N) is 3. The zero-order valence-corrected chi connectivity index (χ0v) is 11.5. The van der Waals surface area contributed by atoms with Crippen LogP contribution >= 0.6 is 11.6 Å². The van der Waals surface area contributed by atoms with Crippen molar-refractivity contribution in [3.63, 3.8) is 0 Å². The molecule has 0 aliphatic heterocycles. The van der Waals surface area contributed by atoms with Gasteiger partial charge >= 0.3 is 11.7 Å². The van der Waals surface area contributed by atoms with Gasteiger partial charge in [0.2, 0.25) is 0 Å². The van der Waals surface area contributed by atoms with Gasteiger partial charge in [-0.25, -0.2) is 9.59 Å². The molecule has 6 nitrogen and oxygen atoms in total. The van der Waals surface area contributed by atoms with Crippen molar-refractivity contribution >= 4 is 17.6 Å². The van der Waals surface area contributed by atoms with Crippen LogP contribution in [0, 0.1) is 0 Å². The van der Waals surface area contributed by atoms with Gasteiger partial charge < -0.3 is 4.84 Å². The molecule has 0 radical (unpaired) electrons. The van der Waals surface area contributed by atoms with Crippen molar-refractivity contribution in [2.75, 3.05) is 0 Å². The average Bonchev–Trinajstić information content (AvgIpc) is 3.17. The van der Waals surface area contributed by atoms with Crippen molar-refractivity contribution in [3.05, 3.63) is 39.8 Å². The van der Waals surface area contributed by atoms with E-state index in [1.807, 2.05) is 0 Å². The van der Waals surface area contributed by atoms with Crippen molar-refractivity contribution in [2.45, 2.75) is 25.8 Å². The summed E-state index contributed by atoms with van der Waals surface area (Å²) in [7, 11) is 0. The zero-order chi connectivity index (χ0) is 14.3. The summed E-state index contributed by atoms with van der Waals surface area (Å²) in [6.07, 6.45) is 1.85. The highest BCUT2D eigenvalue weighted by Crippen LogP contribution is 2.36. The fourth-order valence-electron chi connectivity index (χ4n) is 2.00. The van der Waals surface area contributed by atoms with Gasteiger partial charge in [0.15, 0.2) is 5.82 Å². The lowest BCUT2D eigenvalue weighted by molar-refractivity contribution is -0.143. The molecule has 0 amide bonds. The van der Waals surface area contributed by atoms with Gasteiger partial charge in [-0.3, -0.25) is 4.57 Å². The van der Waals surface area contributed by atoms with Crippen LogP contribution in [0.1, 0.15) is 25.8 Å². The number of hydrogen-bond donors (Lipinski definition) is 0. The first-order valence-corrected chi connectivity index (χ1v) is 6.60. The van der Waals surface area contributed by atoms with E-state index in [9.17, 15) is 9.59 Å². The van der Waals surface area contributed by atoms with E-state index in [0.717, 1.165) is 23.3 Å². The van der Waals surface area contributed by atoms with Crippen LogP contribution in [-0.2, 0) is 4.79 Å². The smallest absolute Gasteiger partial charge is 0.314 e. The van der Waals surface area contributed by atoms with Gasteiger partial charge in [-0.2, -0.15) is 0 Å². The predicted octanol–water partition coefficient (Wildman–Crippen LogP) is 1.68. The van der Waals surface area contributed by atoms with E-state index in [1.165, 1.54) is 6.92 Å². The number of carbonyl (C=O) groups is 1. The molecular weight excluding hydrogens is 282 g/mol. The molecule has 0 saturated heterocycles. The molecule has 0 bridgehead atoms. The van der Waals surface area contributed by atoms with Crippen LogP contribution < -0.4 is 10.5 Å². The lowest BCUT2D eigenvalue weighted by atomic mass is 10.2. The Morgan fingerprint density at radius 2 is 2.00 bits per heavy atom. The van der Waals surface area contributed by atoms with E-state index in [4.69, 9.17) is 16.4 Å². The van der Waals surface area contributed by atoms with Crippen molar-refractivity contribution in [1.29, 1.82) is 0 Å². The molecule has 0 N–H and O–H groups in total. The topological polar surface area (TPSA) is 66.1 Å². The minimum absolute atomic E-state index is 0.123. The Labute approximate surface area is 119 Å². The summed E-state index contributed by atoms with van der Waals surface area (Å²) >= 11 is 5.86. The second kappa shape index (κ2) is 4.79. The Hall–Kier alpha value is -2.08. The molecule has 1 aromatic carbocycles. The summed E-state index contributed by atoms with van der Waals surface area (Å²) < 4.78 is 1.56. The molecular formula is C13H12ClN3O3. The highest BCUT2D eigenvalue weighted by Gasteiger charge is 2.31. The summed E-state index contributed by atoms with van der Waals surface area (Å²) in [4.78, 5) is 28.7. The van der Waals surface area contributed by atoms with Crippen LogP contribution in [-0.4, -0.2) is 20.5 Å². The highest BCUT2D eigenvalue weighted by atomic mass is 35.5. The summed E-state index contributed by atoms with van der Waals surface area (Å²) in [6.45, 7) is 1.23. The number of carbonyl (C=O) groups excluding carboxylic acids is 1. The first-order chi connectivity index (χ1) is 9.56. The van der Waals surface area contributed by atoms with E-state index in [2.05, 4.69) is 5.10 Å². The summed E-state index contributed by atoms with van der Waals surface area (Å²) in [5, 5.41) is 4.70. The number of halogens is 1. The molecule has 1 fully saturated rings. The largest absolute Gasteiger partial charge is 0.381 e. The lowest BCUT2D eigenvalue weighted by Gasteiger charge is -2.02. The maximum absolute atomic E-state index is 12.2. The summed E-state index contributed by atoms with van der Waals surface area (Å²) in [6, 6.07) is 7.13. The van der Waals surface area contributed by atoms with Gasteiger partial charge in [0.25, 0.3) is 0 Å². The fraction of sp³-hybridized carbons (Fsp3) is 0.308. The molecule has 1 aliphatic rings. The molecule has 0 unspecified atom stereocenters. The second-order valence-corrected chi connectivity index (χ2v) is 5.11. The predicted molar refractivity (Wildman–Crippen MR) is 72.5 cm³/mol. The Morgan fingerprint density at radius 3 is 2.55 bits per heavy atom. The molecule has 1 heterocycles. The third kappa shape index (κ3) is 2.34. The van der Waals surface area contributed by atoms with Crippen molar-refractivity contribution in [2.24, 2.45) is 0 Å².